The molecule has 2 aromatic rings. The first-order valence-electron chi connectivity index (χ1n) is 7.84. The average molecular weight is 402 g/mol. The number of nitrogens with one attached hydrogen (secondary N) is 1. The molecule has 0 fully saturated rings. The first-order valence-corrected chi connectivity index (χ1v) is 8.63. The average Bonchev–Trinajstić information content (AvgIpc) is 2.76. The Labute approximate surface area is 153 Å². The quantitative estimate of drug-likeness (QED) is 0.798. The first-order chi connectivity index (χ1) is 12.1. The highest BCUT2D eigenvalue weighted by Crippen LogP contribution is 2.27. The van der Waals surface area contributed by atoms with Crippen LogP contribution < -0.4 is 5.32 Å². The lowest BCUT2D eigenvalue weighted by Gasteiger charge is -2.11. The summed E-state index contributed by atoms with van der Waals surface area (Å²) in [5.74, 6) is -0.690. The Balaban J connectivity index is 2.05. The Bertz CT molecular complexity index is 837. The molecule has 2 heterocycles. The van der Waals surface area contributed by atoms with Crippen molar-refractivity contribution in [2.45, 2.75) is 19.4 Å². The molecule has 0 radical (unpaired) electrons. The summed E-state index contributed by atoms with van der Waals surface area (Å²) in [4.78, 5) is 32.8. The summed E-state index contributed by atoms with van der Waals surface area (Å²) in [6, 6.07) is 10.2. The predicted octanol–water partition coefficient (Wildman–Crippen LogP) is 2.96. The third-order valence-corrected chi connectivity index (χ3v) is 4.17. The zero-order chi connectivity index (χ0) is 17.8. The van der Waals surface area contributed by atoms with Gasteiger partial charge in [0.05, 0.1) is 17.1 Å². The number of carbonyl (C=O) groups excluding carboxylic acids is 2. The number of carbonyl (C=O) groups is 2. The molecule has 0 saturated heterocycles. The predicted molar refractivity (Wildman–Crippen MR) is 97.7 cm³/mol. The summed E-state index contributed by atoms with van der Waals surface area (Å²) in [5, 5.41) is 2.85. The summed E-state index contributed by atoms with van der Waals surface area (Å²) in [5.41, 5.74) is 2.62. The third-order valence-electron chi connectivity index (χ3n) is 3.68. The molecule has 1 aliphatic rings. The van der Waals surface area contributed by atoms with E-state index in [1.54, 1.807) is 19.2 Å². The smallest absolute Gasteiger partial charge is 0.305 e. The van der Waals surface area contributed by atoms with Crippen LogP contribution in [0.3, 0.4) is 0 Å². The largest absolute Gasteiger partial charge is 0.463 e. The topological polar surface area (TPSA) is 80.7 Å². The zero-order valence-corrected chi connectivity index (χ0v) is 15.1. The van der Waals surface area contributed by atoms with Crippen molar-refractivity contribution in [3.05, 3.63) is 58.3 Å². The highest BCUT2D eigenvalue weighted by atomic mass is 79.9. The van der Waals surface area contributed by atoms with Gasteiger partial charge in [-0.15, -0.1) is 0 Å². The van der Waals surface area contributed by atoms with Crippen molar-refractivity contribution >= 4 is 39.2 Å². The minimum atomic E-state index is -0.835. The lowest BCUT2D eigenvalue weighted by Crippen LogP contribution is -2.31. The SMILES string of the molecule is CCC(=O)OCC1N=C(c2ccccn2)c2cc(Br)ccc2NC1=O. The Hall–Kier alpha value is -2.54. The maximum absolute atomic E-state index is 12.5. The maximum Gasteiger partial charge on any atom is 0.305 e. The van der Waals surface area contributed by atoms with E-state index in [1.807, 2.05) is 30.3 Å². The third kappa shape index (κ3) is 3.93. The molecule has 0 spiro atoms. The number of aromatic nitrogens is 1. The van der Waals surface area contributed by atoms with Crippen molar-refractivity contribution in [2.24, 2.45) is 4.99 Å². The molecular formula is C18H16BrN3O3. The molecule has 1 aliphatic heterocycles. The van der Waals surface area contributed by atoms with E-state index in [2.05, 4.69) is 31.2 Å². The fraction of sp³-hybridized carbons (Fsp3) is 0.222. The Morgan fingerprint density at radius 1 is 1.32 bits per heavy atom. The number of benzodiazepines with no additional fused rings is 1. The van der Waals surface area contributed by atoms with E-state index in [-0.39, 0.29) is 24.9 Å². The van der Waals surface area contributed by atoms with E-state index in [9.17, 15) is 9.59 Å². The number of hydrogen-bond acceptors (Lipinski definition) is 5. The van der Waals surface area contributed by atoms with Crippen molar-refractivity contribution in [1.29, 1.82) is 0 Å². The van der Waals surface area contributed by atoms with Crippen LogP contribution in [-0.4, -0.2) is 35.2 Å². The normalized spacial score (nSPS) is 16.3. The van der Waals surface area contributed by atoms with Crippen LogP contribution in [0.4, 0.5) is 5.69 Å². The molecule has 0 saturated carbocycles. The van der Waals surface area contributed by atoms with Gasteiger partial charge in [0.25, 0.3) is 5.91 Å². The van der Waals surface area contributed by atoms with Crippen molar-refractivity contribution in [1.82, 2.24) is 4.98 Å². The highest BCUT2D eigenvalue weighted by molar-refractivity contribution is 9.10. The number of esters is 1. The van der Waals surface area contributed by atoms with Crippen LogP contribution in [0.15, 0.2) is 52.1 Å². The number of benzene rings is 1. The molecular weight excluding hydrogens is 386 g/mol. The van der Waals surface area contributed by atoms with Crippen LogP contribution in [0, 0.1) is 0 Å². The first kappa shape index (κ1) is 17.3. The molecule has 128 valence electrons. The summed E-state index contributed by atoms with van der Waals surface area (Å²) in [6.07, 6.45) is 1.92. The molecule has 25 heavy (non-hydrogen) atoms. The van der Waals surface area contributed by atoms with E-state index in [0.29, 0.717) is 17.1 Å². The molecule has 3 rings (SSSR count). The molecule has 1 unspecified atom stereocenters. The van der Waals surface area contributed by atoms with Gasteiger partial charge in [-0.1, -0.05) is 28.9 Å². The van der Waals surface area contributed by atoms with Gasteiger partial charge in [-0.25, -0.2) is 0 Å². The van der Waals surface area contributed by atoms with Crippen LogP contribution >= 0.6 is 15.9 Å². The van der Waals surface area contributed by atoms with Gasteiger partial charge in [-0.05, 0) is 30.3 Å². The van der Waals surface area contributed by atoms with Crippen LogP contribution in [0.25, 0.3) is 0 Å². The molecule has 0 aliphatic carbocycles. The molecule has 1 amide bonds. The number of amides is 1. The molecule has 1 N–H and O–H groups in total. The van der Waals surface area contributed by atoms with Crippen molar-refractivity contribution in [3.8, 4) is 0 Å². The lowest BCUT2D eigenvalue weighted by atomic mass is 10.0. The minimum Gasteiger partial charge on any atom is -0.463 e. The van der Waals surface area contributed by atoms with Crippen LogP contribution in [-0.2, 0) is 14.3 Å². The second-order valence-corrected chi connectivity index (χ2v) is 6.34. The number of fused-ring (bicyclic) bond motifs is 1. The second kappa shape index (κ2) is 7.57. The van der Waals surface area contributed by atoms with E-state index in [1.165, 1.54) is 0 Å². The number of rotatable bonds is 4. The number of hydrogen-bond donors (Lipinski definition) is 1. The Morgan fingerprint density at radius 2 is 2.16 bits per heavy atom. The van der Waals surface area contributed by atoms with Crippen molar-refractivity contribution < 1.29 is 14.3 Å². The van der Waals surface area contributed by atoms with Gasteiger partial charge in [-0.2, -0.15) is 0 Å². The highest BCUT2D eigenvalue weighted by Gasteiger charge is 2.27. The van der Waals surface area contributed by atoms with Crippen molar-refractivity contribution in [3.63, 3.8) is 0 Å². The second-order valence-electron chi connectivity index (χ2n) is 5.42. The Morgan fingerprint density at radius 3 is 2.88 bits per heavy atom. The number of aliphatic imine (C=N–C) groups is 1. The van der Waals surface area contributed by atoms with Gasteiger partial charge < -0.3 is 10.1 Å². The van der Waals surface area contributed by atoms with E-state index in [0.717, 1.165) is 10.0 Å². The number of nitrogens with zero attached hydrogens (tertiary/aromatic N) is 2. The number of pyridine rings is 1. The van der Waals surface area contributed by atoms with E-state index < -0.39 is 6.04 Å². The van der Waals surface area contributed by atoms with Gasteiger partial charge >= 0.3 is 5.97 Å². The van der Waals surface area contributed by atoms with Crippen LogP contribution in [0.5, 0.6) is 0 Å². The minimum absolute atomic E-state index is 0.107. The van der Waals surface area contributed by atoms with E-state index in [4.69, 9.17) is 4.74 Å². The van der Waals surface area contributed by atoms with Gasteiger partial charge in [0.2, 0.25) is 0 Å². The summed E-state index contributed by atoms with van der Waals surface area (Å²) >= 11 is 3.45. The summed E-state index contributed by atoms with van der Waals surface area (Å²) < 4.78 is 5.99. The standard InChI is InChI=1S/C18H16BrN3O3/c1-2-16(23)25-10-15-18(24)22-13-7-6-11(19)9-12(13)17(21-15)14-5-3-4-8-20-14/h3-9,15H,2,10H2,1H3,(H,22,24). The van der Waals surface area contributed by atoms with Crippen molar-refractivity contribution in [2.75, 3.05) is 11.9 Å². The number of halogens is 1. The molecule has 1 atom stereocenters. The number of anilines is 1. The molecule has 6 nitrogen and oxygen atoms in total. The Kier molecular flexibility index (Phi) is 5.23. The maximum atomic E-state index is 12.5. The fourth-order valence-electron chi connectivity index (χ4n) is 2.42. The summed E-state index contributed by atoms with van der Waals surface area (Å²) in [7, 11) is 0. The van der Waals surface area contributed by atoms with Crippen LogP contribution in [0.2, 0.25) is 0 Å². The number of ether oxygens (including phenoxy) is 1. The van der Waals surface area contributed by atoms with Gasteiger partial charge in [0.15, 0.2) is 6.04 Å². The summed E-state index contributed by atoms with van der Waals surface area (Å²) in [6.45, 7) is 1.59. The molecule has 7 heteroatoms. The fourth-order valence-corrected chi connectivity index (χ4v) is 2.78. The molecule has 0 bridgehead atoms. The molecule has 1 aromatic heterocycles. The van der Waals surface area contributed by atoms with Crippen LogP contribution in [0.1, 0.15) is 24.6 Å². The van der Waals surface area contributed by atoms with E-state index >= 15 is 0 Å². The van der Waals surface area contributed by atoms with Gasteiger partial charge in [0, 0.05) is 22.7 Å². The lowest BCUT2D eigenvalue weighted by molar-refractivity contribution is -0.144. The zero-order valence-electron chi connectivity index (χ0n) is 13.5. The van der Waals surface area contributed by atoms with Gasteiger partial charge in [-0.3, -0.25) is 19.6 Å². The van der Waals surface area contributed by atoms with Gasteiger partial charge in [0.1, 0.15) is 6.61 Å². The monoisotopic (exact) mass is 401 g/mol. The molecule has 1 aromatic carbocycles.